The molecule has 1 aromatic heterocycles. The number of benzene rings is 3. The smallest absolute Gasteiger partial charge is 0.357 e. The van der Waals surface area contributed by atoms with Crippen molar-refractivity contribution in [2.24, 2.45) is 0 Å². The van der Waals surface area contributed by atoms with Gasteiger partial charge in [0.2, 0.25) is 0 Å². The average Bonchev–Trinajstić information content (AvgIpc) is 2.94. The first-order valence-corrected chi connectivity index (χ1v) is 12.5. The Labute approximate surface area is 223 Å². The zero-order valence-corrected chi connectivity index (χ0v) is 21.4. The van der Waals surface area contributed by atoms with Crippen LogP contribution < -0.4 is 15.2 Å². The monoisotopic (exact) mass is 532 g/mol. The molecule has 0 spiro atoms. The van der Waals surface area contributed by atoms with Gasteiger partial charge in [-0.15, -0.1) is 0 Å². The van der Waals surface area contributed by atoms with Gasteiger partial charge < -0.3 is 14.5 Å². The van der Waals surface area contributed by atoms with E-state index in [0.29, 0.717) is 53.4 Å². The van der Waals surface area contributed by atoms with E-state index in [1.54, 1.807) is 54.5 Å². The predicted octanol–water partition coefficient (Wildman–Crippen LogP) is 4.58. The molecule has 1 aliphatic rings. The second-order valence-corrected chi connectivity index (χ2v) is 9.44. The summed E-state index contributed by atoms with van der Waals surface area (Å²) in [6.07, 6.45) is 0. The van der Waals surface area contributed by atoms with Gasteiger partial charge in [-0.25, -0.2) is 0 Å². The van der Waals surface area contributed by atoms with Gasteiger partial charge in [-0.1, -0.05) is 41.9 Å². The summed E-state index contributed by atoms with van der Waals surface area (Å²) in [4.78, 5) is 41.8. The Hall–Kier alpha value is -4.37. The summed E-state index contributed by atoms with van der Waals surface area (Å²) in [6, 6.07) is 21.2. The summed E-state index contributed by atoms with van der Waals surface area (Å²) in [5, 5.41) is 13.2. The van der Waals surface area contributed by atoms with Crippen molar-refractivity contribution in [3.63, 3.8) is 0 Å². The number of piperazine rings is 1. The number of halogens is 1. The number of methoxy groups -OCH3 is 1. The molecular weight excluding hydrogens is 508 g/mol. The first kappa shape index (κ1) is 25.3. The molecule has 9 nitrogen and oxygen atoms in total. The van der Waals surface area contributed by atoms with Crippen molar-refractivity contribution in [2.75, 3.05) is 38.2 Å². The molecule has 0 unspecified atom stereocenters. The zero-order chi connectivity index (χ0) is 26.8. The minimum absolute atomic E-state index is 0.131. The van der Waals surface area contributed by atoms with Gasteiger partial charge >= 0.3 is 11.2 Å². The van der Waals surface area contributed by atoms with Gasteiger partial charge in [0.05, 0.1) is 24.1 Å². The lowest BCUT2D eigenvalue weighted by Crippen LogP contribution is -2.49. The molecule has 10 heteroatoms. The third-order valence-electron chi connectivity index (χ3n) is 6.76. The number of hydrogen-bond acceptors (Lipinski definition) is 6. The number of fused-ring (bicyclic) bond motifs is 1. The van der Waals surface area contributed by atoms with E-state index in [-0.39, 0.29) is 18.1 Å². The molecule has 1 amide bonds. The summed E-state index contributed by atoms with van der Waals surface area (Å²) in [7, 11) is 1.56. The Morgan fingerprint density at radius 1 is 1.00 bits per heavy atom. The lowest BCUT2D eigenvalue weighted by Gasteiger charge is -2.36. The second-order valence-electron chi connectivity index (χ2n) is 9.00. The maximum Gasteiger partial charge on any atom is 0.357 e. The summed E-state index contributed by atoms with van der Waals surface area (Å²) >= 11 is 6.33. The van der Waals surface area contributed by atoms with Gasteiger partial charge in [-0.3, -0.25) is 24.3 Å². The van der Waals surface area contributed by atoms with Gasteiger partial charge in [-0.05, 0) is 48.0 Å². The topological polar surface area (TPSA) is 97.9 Å². The van der Waals surface area contributed by atoms with Crippen molar-refractivity contribution in [1.29, 1.82) is 0 Å². The van der Waals surface area contributed by atoms with Crippen molar-refractivity contribution in [1.82, 2.24) is 9.47 Å². The van der Waals surface area contributed by atoms with E-state index < -0.39 is 16.2 Å². The van der Waals surface area contributed by atoms with Crippen LogP contribution in [0.2, 0.25) is 5.02 Å². The fraction of sp³-hybridized carbons (Fsp3) is 0.214. The van der Waals surface area contributed by atoms with Crippen LogP contribution in [0.4, 0.5) is 11.4 Å². The minimum atomic E-state index is -0.680. The predicted molar refractivity (Wildman–Crippen MR) is 147 cm³/mol. The van der Waals surface area contributed by atoms with Crippen LogP contribution in [0.15, 0.2) is 77.6 Å². The van der Waals surface area contributed by atoms with Crippen molar-refractivity contribution < 1.29 is 14.5 Å². The van der Waals surface area contributed by atoms with Crippen LogP contribution in [0.25, 0.3) is 10.9 Å². The molecule has 3 aromatic carbocycles. The summed E-state index contributed by atoms with van der Waals surface area (Å²) in [6.45, 7) is 1.52. The number of ether oxygens (including phenoxy) is 1. The van der Waals surface area contributed by atoms with E-state index in [2.05, 4.69) is 0 Å². The Bertz CT molecular complexity index is 1560. The summed E-state index contributed by atoms with van der Waals surface area (Å²) in [5.74, 6) is 0.527. The number of hydrogen-bond donors (Lipinski definition) is 0. The van der Waals surface area contributed by atoms with E-state index in [0.717, 1.165) is 5.56 Å². The quantitative estimate of drug-likeness (QED) is 0.266. The molecular formula is C28H25ClN4O5. The van der Waals surface area contributed by atoms with Crippen molar-refractivity contribution in [3.8, 4) is 5.75 Å². The summed E-state index contributed by atoms with van der Waals surface area (Å²) in [5.41, 5.74) is 0.995. The molecule has 194 valence electrons. The first-order valence-electron chi connectivity index (χ1n) is 12.1. The van der Waals surface area contributed by atoms with Crippen LogP contribution in [0.5, 0.6) is 5.75 Å². The van der Waals surface area contributed by atoms with Crippen LogP contribution in [0.3, 0.4) is 0 Å². The van der Waals surface area contributed by atoms with Gasteiger partial charge in [0.1, 0.15) is 11.4 Å². The Morgan fingerprint density at radius 3 is 2.32 bits per heavy atom. The number of pyridine rings is 1. The maximum atomic E-state index is 13.6. The molecule has 0 atom stereocenters. The highest BCUT2D eigenvalue weighted by atomic mass is 35.5. The number of nitro groups is 1. The summed E-state index contributed by atoms with van der Waals surface area (Å²) < 4.78 is 6.58. The second kappa shape index (κ2) is 10.5. The molecule has 4 aromatic rings. The molecule has 2 heterocycles. The van der Waals surface area contributed by atoms with E-state index in [1.165, 1.54) is 4.57 Å². The third-order valence-corrected chi connectivity index (χ3v) is 7.00. The molecule has 1 fully saturated rings. The number of nitrogens with zero attached hydrogens (tertiary/aromatic N) is 4. The fourth-order valence-electron chi connectivity index (χ4n) is 4.86. The number of rotatable bonds is 6. The normalized spacial score (nSPS) is 13.5. The van der Waals surface area contributed by atoms with E-state index >= 15 is 0 Å². The van der Waals surface area contributed by atoms with E-state index in [1.807, 2.05) is 35.2 Å². The van der Waals surface area contributed by atoms with Crippen LogP contribution >= 0.6 is 11.6 Å². The van der Waals surface area contributed by atoms with E-state index in [9.17, 15) is 19.7 Å². The fourth-order valence-corrected chi connectivity index (χ4v) is 5.03. The van der Waals surface area contributed by atoms with Crippen molar-refractivity contribution >= 4 is 39.8 Å². The highest BCUT2D eigenvalue weighted by Gasteiger charge is 2.32. The molecule has 0 N–H and O–H groups in total. The molecule has 0 radical (unpaired) electrons. The molecule has 38 heavy (non-hydrogen) atoms. The molecule has 1 aliphatic heterocycles. The molecule has 0 aliphatic carbocycles. The minimum Gasteiger partial charge on any atom is -0.497 e. The molecule has 0 bridgehead atoms. The van der Waals surface area contributed by atoms with Gasteiger partial charge in [0.25, 0.3) is 5.91 Å². The number of carbonyl (C=O) groups excluding carboxylic acids is 1. The van der Waals surface area contributed by atoms with Gasteiger partial charge in [-0.2, -0.15) is 0 Å². The van der Waals surface area contributed by atoms with Gasteiger partial charge in [0, 0.05) is 42.2 Å². The molecule has 1 saturated heterocycles. The van der Waals surface area contributed by atoms with Crippen LogP contribution in [0, 0.1) is 10.1 Å². The maximum absolute atomic E-state index is 13.6. The Morgan fingerprint density at radius 2 is 1.68 bits per heavy atom. The van der Waals surface area contributed by atoms with Crippen molar-refractivity contribution in [2.45, 2.75) is 6.54 Å². The SMILES string of the molecule is COc1ccc(C(=O)N2CCN(c3c([N+](=O)[O-])c(=O)n(Cc4ccccc4)c4ccc(Cl)cc34)CC2)cc1. The van der Waals surface area contributed by atoms with Crippen molar-refractivity contribution in [3.05, 3.63) is 109 Å². The molecule has 0 saturated carbocycles. The Kier molecular flexibility index (Phi) is 7.02. The number of amides is 1. The lowest BCUT2D eigenvalue weighted by atomic mass is 10.1. The van der Waals surface area contributed by atoms with Crippen LogP contribution in [-0.2, 0) is 6.54 Å². The third kappa shape index (κ3) is 4.80. The molecule has 5 rings (SSSR count). The van der Waals surface area contributed by atoms with Crippen LogP contribution in [0.1, 0.15) is 15.9 Å². The average molecular weight is 533 g/mol. The van der Waals surface area contributed by atoms with Crippen LogP contribution in [-0.4, -0.2) is 53.6 Å². The highest BCUT2D eigenvalue weighted by molar-refractivity contribution is 6.31. The highest BCUT2D eigenvalue weighted by Crippen LogP contribution is 2.36. The Balaban J connectivity index is 1.51. The first-order chi connectivity index (χ1) is 18.4. The largest absolute Gasteiger partial charge is 0.497 e. The van der Waals surface area contributed by atoms with E-state index in [4.69, 9.17) is 16.3 Å². The number of aromatic nitrogens is 1. The number of anilines is 1. The lowest BCUT2D eigenvalue weighted by molar-refractivity contribution is -0.385. The zero-order valence-electron chi connectivity index (χ0n) is 20.7. The van der Waals surface area contributed by atoms with Gasteiger partial charge in [0.15, 0.2) is 0 Å². The standard InChI is InChI=1S/C28H25ClN4O5/c1-38-22-10-7-20(8-11-22)27(34)31-15-13-30(14-16-31)25-23-17-21(29)9-12-24(23)32(28(35)26(25)33(36)37)18-19-5-3-2-4-6-19/h2-12,17H,13-16,18H2,1H3. The number of carbonyl (C=O) groups is 1.